The molecule has 39 heavy (non-hydrogen) atoms. The van der Waals surface area contributed by atoms with Crippen molar-refractivity contribution in [2.45, 2.75) is 45.2 Å². The number of benzene rings is 2. The summed E-state index contributed by atoms with van der Waals surface area (Å²) in [6.45, 7) is 5.18. The molecular weight excluding hydrogens is 508 g/mol. The molecule has 2 N–H and O–H groups in total. The van der Waals surface area contributed by atoms with Gasteiger partial charge in [0.2, 0.25) is 5.91 Å². The Kier molecular flexibility index (Phi) is 8.74. The number of carbonyl (C=O) groups is 2. The first-order valence-electron chi connectivity index (χ1n) is 13.6. The first-order chi connectivity index (χ1) is 19.0. The average molecular weight is 545 g/mol. The molecule has 0 unspecified atom stereocenters. The summed E-state index contributed by atoms with van der Waals surface area (Å²) in [4.78, 5) is 34.1. The second-order valence-corrected chi connectivity index (χ2v) is 11.5. The molecule has 8 heteroatoms. The minimum Gasteiger partial charge on any atom is -0.489 e. The Balaban J connectivity index is 1.36. The molecule has 2 aliphatic heterocycles. The van der Waals surface area contributed by atoms with Crippen molar-refractivity contribution in [1.82, 2.24) is 20.5 Å². The Bertz CT molecular complexity index is 1300. The summed E-state index contributed by atoms with van der Waals surface area (Å²) in [5.74, 6) is 0.407. The van der Waals surface area contributed by atoms with Crippen LogP contribution >= 0.6 is 11.3 Å². The molecule has 2 aromatic carbocycles. The summed E-state index contributed by atoms with van der Waals surface area (Å²) in [6, 6.07) is 17.1. The number of allylic oxidation sites excluding steroid dienone is 1. The van der Waals surface area contributed by atoms with E-state index in [4.69, 9.17) is 4.74 Å². The van der Waals surface area contributed by atoms with Crippen molar-refractivity contribution in [2.75, 3.05) is 26.2 Å². The van der Waals surface area contributed by atoms with Gasteiger partial charge >= 0.3 is 0 Å². The van der Waals surface area contributed by atoms with Gasteiger partial charge in [0.15, 0.2) is 0 Å². The predicted octanol–water partition coefficient (Wildman–Crippen LogP) is 4.53. The van der Waals surface area contributed by atoms with Crippen molar-refractivity contribution in [3.63, 3.8) is 0 Å². The lowest BCUT2D eigenvalue weighted by atomic mass is 9.74. The summed E-state index contributed by atoms with van der Waals surface area (Å²) < 4.78 is 5.95. The first kappa shape index (κ1) is 27.1. The number of fused-ring (bicyclic) bond motifs is 1. The molecule has 3 aromatic rings. The number of piperidine rings is 1. The zero-order chi connectivity index (χ0) is 27.1. The molecule has 0 radical (unpaired) electrons. The summed E-state index contributed by atoms with van der Waals surface area (Å²) in [7, 11) is 0. The summed E-state index contributed by atoms with van der Waals surface area (Å²) >= 11 is 1.68. The van der Waals surface area contributed by atoms with E-state index >= 15 is 0 Å². The second kappa shape index (κ2) is 12.6. The average Bonchev–Trinajstić information content (AvgIpc) is 3.37. The van der Waals surface area contributed by atoms with E-state index in [1.54, 1.807) is 17.4 Å². The van der Waals surface area contributed by atoms with Gasteiger partial charge in [-0.3, -0.25) is 14.5 Å². The maximum Gasteiger partial charge on any atom is 0.255 e. The third kappa shape index (κ3) is 6.94. The molecule has 1 fully saturated rings. The first-order valence-corrected chi connectivity index (χ1v) is 14.5. The number of para-hydroxylation sites is 1. The summed E-state index contributed by atoms with van der Waals surface area (Å²) in [5, 5.41) is 9.59. The maximum absolute atomic E-state index is 14.0. The van der Waals surface area contributed by atoms with Gasteiger partial charge in [0.05, 0.1) is 27.7 Å². The van der Waals surface area contributed by atoms with E-state index < -0.39 is 5.41 Å². The number of rotatable bonds is 4. The third-order valence-corrected chi connectivity index (χ3v) is 8.48. The molecule has 5 rings (SSSR count). The van der Waals surface area contributed by atoms with E-state index in [9.17, 15) is 9.59 Å². The molecule has 1 saturated heterocycles. The molecular formula is C31H36N4O3S. The van der Waals surface area contributed by atoms with Crippen LogP contribution in [-0.2, 0) is 17.8 Å². The van der Waals surface area contributed by atoms with Crippen molar-refractivity contribution in [2.24, 2.45) is 5.41 Å². The van der Waals surface area contributed by atoms with Gasteiger partial charge in [0.25, 0.3) is 5.91 Å². The fourth-order valence-corrected chi connectivity index (χ4v) is 5.99. The molecule has 2 amide bonds. The minimum atomic E-state index is -0.508. The largest absolute Gasteiger partial charge is 0.489 e. The molecule has 1 spiro atoms. The number of nitrogens with one attached hydrogen (secondary N) is 2. The SMILES string of the molecule is Cc1nc(CN2CCC3(C/C=C/COc4ccccc4C(=O)NC[C@@H](Cc4ccccc4)NC3=O)CC2)cs1. The molecule has 1 atom stereocenters. The standard InChI is InChI=1S/C31H36N4O3S/c1-23-33-26(22-39-23)21-35-16-14-31(15-17-35)13-7-8-18-38-28-12-6-5-11-27(28)29(36)32-20-25(34-30(31)37)19-24-9-3-2-4-10-24/h2-12,22,25H,13-21H2,1H3,(H,32,36)(H,34,37)/b8-7+/t25-/m1/s1. The number of amides is 2. The molecule has 7 nitrogen and oxygen atoms in total. The zero-order valence-electron chi connectivity index (χ0n) is 22.4. The smallest absolute Gasteiger partial charge is 0.255 e. The van der Waals surface area contributed by atoms with Crippen LogP contribution in [0.15, 0.2) is 72.1 Å². The lowest BCUT2D eigenvalue weighted by Crippen LogP contribution is -2.53. The molecule has 204 valence electrons. The number of carbonyl (C=O) groups excluding carboxylic acids is 2. The van der Waals surface area contributed by atoms with Crippen molar-refractivity contribution in [1.29, 1.82) is 0 Å². The Morgan fingerprint density at radius 1 is 1.05 bits per heavy atom. The molecule has 0 aliphatic carbocycles. The molecule has 2 aliphatic rings. The molecule has 3 heterocycles. The van der Waals surface area contributed by atoms with Gasteiger partial charge in [-0.05, 0) is 63.4 Å². The van der Waals surface area contributed by atoms with Crippen molar-refractivity contribution >= 4 is 23.2 Å². The van der Waals surface area contributed by atoms with Crippen LogP contribution in [0, 0.1) is 12.3 Å². The van der Waals surface area contributed by atoms with E-state index in [1.807, 2.05) is 49.4 Å². The van der Waals surface area contributed by atoms with Gasteiger partial charge in [-0.1, -0.05) is 54.6 Å². The highest BCUT2D eigenvalue weighted by Gasteiger charge is 2.41. The number of likely N-dealkylation sites (tertiary alicyclic amines) is 1. The number of hydrogen-bond donors (Lipinski definition) is 2. The number of hydrogen-bond acceptors (Lipinski definition) is 6. The summed E-state index contributed by atoms with van der Waals surface area (Å²) in [5.41, 5.74) is 2.20. The van der Waals surface area contributed by atoms with Crippen LogP contribution in [0.5, 0.6) is 5.75 Å². The fraction of sp³-hybridized carbons (Fsp3) is 0.387. The lowest BCUT2D eigenvalue weighted by Gasteiger charge is -2.41. The van der Waals surface area contributed by atoms with Gasteiger partial charge < -0.3 is 15.4 Å². The molecule has 0 saturated carbocycles. The van der Waals surface area contributed by atoms with E-state index in [0.717, 1.165) is 48.7 Å². The van der Waals surface area contributed by atoms with Gasteiger partial charge in [0, 0.05) is 18.5 Å². The van der Waals surface area contributed by atoms with E-state index in [1.165, 1.54) is 0 Å². The Labute approximate surface area is 234 Å². The Hall–Kier alpha value is -3.49. The highest BCUT2D eigenvalue weighted by atomic mass is 32.1. The minimum absolute atomic E-state index is 0.0601. The fourth-order valence-electron chi connectivity index (χ4n) is 5.39. The van der Waals surface area contributed by atoms with E-state index in [2.05, 4.69) is 44.1 Å². The Morgan fingerprint density at radius 2 is 1.82 bits per heavy atom. The number of aromatic nitrogens is 1. The van der Waals surface area contributed by atoms with Crippen LogP contribution < -0.4 is 15.4 Å². The number of ether oxygens (including phenoxy) is 1. The van der Waals surface area contributed by atoms with E-state index in [-0.39, 0.29) is 17.9 Å². The monoisotopic (exact) mass is 544 g/mol. The Morgan fingerprint density at radius 3 is 2.59 bits per heavy atom. The van der Waals surface area contributed by atoms with Crippen LogP contribution in [0.1, 0.15) is 45.9 Å². The van der Waals surface area contributed by atoms with Crippen molar-refractivity contribution < 1.29 is 14.3 Å². The quantitative estimate of drug-likeness (QED) is 0.472. The molecule has 0 bridgehead atoms. The van der Waals surface area contributed by atoms with Crippen LogP contribution in [0.2, 0.25) is 0 Å². The topological polar surface area (TPSA) is 83.6 Å². The maximum atomic E-state index is 14.0. The van der Waals surface area contributed by atoms with Gasteiger partial charge in [-0.2, -0.15) is 0 Å². The lowest BCUT2D eigenvalue weighted by molar-refractivity contribution is -0.134. The number of nitrogens with zero attached hydrogens (tertiary/aromatic N) is 2. The number of aryl methyl sites for hydroxylation is 1. The predicted molar refractivity (Wildman–Crippen MR) is 154 cm³/mol. The highest BCUT2D eigenvalue weighted by molar-refractivity contribution is 7.09. The number of thiazole rings is 1. The van der Waals surface area contributed by atoms with Crippen LogP contribution in [0.4, 0.5) is 0 Å². The normalized spacial score (nSPS) is 21.2. The highest BCUT2D eigenvalue weighted by Crippen LogP contribution is 2.37. The van der Waals surface area contributed by atoms with Crippen LogP contribution in [0.25, 0.3) is 0 Å². The van der Waals surface area contributed by atoms with E-state index in [0.29, 0.717) is 37.3 Å². The van der Waals surface area contributed by atoms with Crippen LogP contribution in [0.3, 0.4) is 0 Å². The summed E-state index contributed by atoms with van der Waals surface area (Å²) in [6.07, 6.45) is 6.84. The van der Waals surface area contributed by atoms with Gasteiger partial charge in [-0.15, -0.1) is 11.3 Å². The zero-order valence-corrected chi connectivity index (χ0v) is 23.2. The molecule has 1 aromatic heterocycles. The van der Waals surface area contributed by atoms with Crippen molar-refractivity contribution in [3.8, 4) is 5.75 Å². The second-order valence-electron chi connectivity index (χ2n) is 10.5. The third-order valence-electron chi connectivity index (χ3n) is 7.66. The van der Waals surface area contributed by atoms with Gasteiger partial charge in [-0.25, -0.2) is 4.98 Å². The van der Waals surface area contributed by atoms with Crippen LogP contribution in [-0.4, -0.2) is 54.0 Å². The van der Waals surface area contributed by atoms with Crippen molar-refractivity contribution in [3.05, 3.63) is 94.0 Å². The van der Waals surface area contributed by atoms with Gasteiger partial charge in [0.1, 0.15) is 12.4 Å².